The SMILES string of the molecule is Fc1ccccc1OC1CCN(c2ccc(C#Cc3c4on3CC=C4)cn2)CC1. The van der Waals surface area contributed by atoms with Gasteiger partial charge in [0, 0.05) is 37.7 Å². The monoisotopic (exact) mass is 389 g/mol. The number of anilines is 1. The van der Waals surface area contributed by atoms with Crippen LogP contribution in [0.15, 0.2) is 53.2 Å². The van der Waals surface area contributed by atoms with Crippen molar-refractivity contribution in [3.63, 3.8) is 0 Å². The van der Waals surface area contributed by atoms with Crippen molar-refractivity contribution < 1.29 is 13.7 Å². The molecule has 146 valence electrons. The normalized spacial score (nSPS) is 15.8. The minimum atomic E-state index is -0.310. The van der Waals surface area contributed by atoms with Crippen molar-refractivity contribution in [3.8, 4) is 17.6 Å². The lowest BCUT2D eigenvalue weighted by atomic mass is 10.1. The van der Waals surface area contributed by atoms with Crippen LogP contribution in [-0.2, 0) is 6.54 Å². The van der Waals surface area contributed by atoms with Crippen molar-refractivity contribution in [2.75, 3.05) is 18.0 Å². The fraction of sp³-hybridized carbons (Fsp3) is 0.261. The first-order valence-electron chi connectivity index (χ1n) is 9.77. The molecule has 0 unspecified atom stereocenters. The first-order valence-corrected chi connectivity index (χ1v) is 9.77. The molecule has 29 heavy (non-hydrogen) atoms. The molecule has 2 aromatic heterocycles. The fourth-order valence-electron chi connectivity index (χ4n) is 3.61. The van der Waals surface area contributed by atoms with Gasteiger partial charge in [-0.25, -0.2) is 9.37 Å². The van der Waals surface area contributed by atoms with Gasteiger partial charge in [-0.05, 0) is 36.3 Å². The average Bonchev–Trinajstić information content (AvgIpc) is 2.77. The van der Waals surface area contributed by atoms with Crippen LogP contribution in [0.5, 0.6) is 5.75 Å². The number of halogens is 1. The second kappa shape index (κ2) is 7.51. The third-order valence-electron chi connectivity index (χ3n) is 5.20. The fourth-order valence-corrected chi connectivity index (χ4v) is 3.61. The van der Waals surface area contributed by atoms with E-state index in [0.717, 1.165) is 55.3 Å². The molecule has 5 nitrogen and oxygen atoms in total. The summed E-state index contributed by atoms with van der Waals surface area (Å²) in [4.78, 5) is 6.79. The molecule has 0 amide bonds. The summed E-state index contributed by atoms with van der Waals surface area (Å²) in [5.41, 5.74) is 1.79. The molecule has 0 N–H and O–H groups in total. The number of hydrogen-bond acceptors (Lipinski definition) is 4. The maximum Gasteiger partial charge on any atom is 0.190 e. The Bertz CT molecular complexity index is 1090. The molecular formula is C23H20FN3O2. The Hall–Kier alpha value is -3.46. The number of fused-ring (bicyclic) bond motifs is 2. The number of hydrogen-bond donors (Lipinski definition) is 0. The van der Waals surface area contributed by atoms with Gasteiger partial charge in [0.25, 0.3) is 0 Å². The Labute approximate surface area is 168 Å². The minimum absolute atomic E-state index is 0.0241. The van der Waals surface area contributed by atoms with E-state index in [0.29, 0.717) is 5.75 Å². The lowest BCUT2D eigenvalue weighted by molar-refractivity contribution is 0.163. The number of rotatable bonds is 3. The zero-order valence-corrected chi connectivity index (χ0v) is 15.8. The molecule has 0 radical (unpaired) electrons. The van der Waals surface area contributed by atoms with Crippen molar-refractivity contribution in [3.05, 3.63) is 71.5 Å². The summed E-state index contributed by atoms with van der Waals surface area (Å²) in [5.74, 6) is 8.07. The van der Waals surface area contributed by atoms with E-state index in [1.165, 1.54) is 6.07 Å². The number of allylic oxidation sites excluding steroid dienone is 1. The molecule has 0 aliphatic carbocycles. The zero-order chi connectivity index (χ0) is 19.6. The second-order valence-corrected chi connectivity index (χ2v) is 7.16. The molecule has 0 atom stereocenters. The molecule has 0 saturated carbocycles. The second-order valence-electron chi connectivity index (χ2n) is 7.16. The van der Waals surface area contributed by atoms with Gasteiger partial charge < -0.3 is 14.2 Å². The smallest absolute Gasteiger partial charge is 0.190 e. The van der Waals surface area contributed by atoms with Gasteiger partial charge in [-0.1, -0.05) is 24.1 Å². The van der Waals surface area contributed by atoms with Gasteiger partial charge >= 0.3 is 0 Å². The number of pyridine rings is 1. The van der Waals surface area contributed by atoms with Gasteiger partial charge in [0.05, 0.1) is 6.54 Å². The van der Waals surface area contributed by atoms with Crippen LogP contribution in [-0.4, -0.2) is 28.9 Å². The predicted octanol–water partition coefficient (Wildman–Crippen LogP) is 4.09. The highest BCUT2D eigenvalue weighted by molar-refractivity contribution is 5.56. The molecule has 2 aliphatic heterocycles. The van der Waals surface area contributed by atoms with E-state index in [2.05, 4.69) is 21.7 Å². The van der Waals surface area contributed by atoms with Crippen molar-refractivity contribution in [1.82, 2.24) is 9.72 Å². The molecule has 6 heteroatoms. The molecule has 2 bridgehead atoms. The first kappa shape index (κ1) is 17.6. The Balaban J connectivity index is 1.18. The third kappa shape index (κ3) is 3.64. The molecule has 1 aromatic carbocycles. The summed E-state index contributed by atoms with van der Waals surface area (Å²) < 4.78 is 26.8. The number of nitrogens with zero attached hydrogens (tertiary/aromatic N) is 3. The molecule has 0 spiro atoms. The van der Waals surface area contributed by atoms with Gasteiger partial charge in [0.1, 0.15) is 11.9 Å². The highest BCUT2D eigenvalue weighted by atomic mass is 19.1. The van der Waals surface area contributed by atoms with E-state index in [4.69, 9.17) is 9.26 Å². The van der Waals surface area contributed by atoms with Crippen LogP contribution in [0.2, 0.25) is 0 Å². The molecule has 2 aliphatic rings. The van der Waals surface area contributed by atoms with Gasteiger partial charge in [-0.3, -0.25) is 0 Å². The van der Waals surface area contributed by atoms with Gasteiger partial charge in [-0.2, -0.15) is 4.74 Å². The van der Waals surface area contributed by atoms with Gasteiger partial charge in [-0.15, -0.1) is 0 Å². The van der Waals surface area contributed by atoms with Crippen LogP contribution in [0.25, 0.3) is 6.08 Å². The van der Waals surface area contributed by atoms with Crippen LogP contribution < -0.4 is 9.64 Å². The third-order valence-corrected chi connectivity index (χ3v) is 5.20. The van der Waals surface area contributed by atoms with Crippen molar-refractivity contribution >= 4 is 11.9 Å². The van der Waals surface area contributed by atoms with Crippen molar-refractivity contribution in [2.45, 2.75) is 25.5 Å². The Kier molecular flexibility index (Phi) is 4.57. The predicted molar refractivity (Wildman–Crippen MR) is 108 cm³/mol. The first-order chi connectivity index (χ1) is 14.3. The standard InChI is InChI=1S/C23H20FN3O2/c24-19-4-1-2-5-21(19)28-18-11-14-26(15-12-18)23-10-8-17(16-25-23)7-9-20-22-6-3-13-27(20)29-22/h1-6,8,10,16,18H,11-15H2. The molecule has 5 rings (SSSR count). The number of benzene rings is 1. The summed E-state index contributed by atoms with van der Waals surface area (Å²) >= 11 is 0. The van der Waals surface area contributed by atoms with E-state index in [1.807, 2.05) is 24.3 Å². The Morgan fingerprint density at radius 2 is 1.97 bits per heavy atom. The largest absolute Gasteiger partial charge is 0.487 e. The molecule has 1 fully saturated rings. The summed E-state index contributed by atoms with van der Waals surface area (Å²) in [6, 6.07) is 10.5. The summed E-state index contributed by atoms with van der Waals surface area (Å²) in [5, 5.41) is 0. The maximum absolute atomic E-state index is 13.8. The van der Waals surface area contributed by atoms with E-state index in [1.54, 1.807) is 29.1 Å². The van der Waals surface area contributed by atoms with Crippen LogP contribution in [0.3, 0.4) is 0 Å². The number of aromatic nitrogens is 2. The molecular weight excluding hydrogens is 369 g/mol. The van der Waals surface area contributed by atoms with Crippen LogP contribution >= 0.6 is 0 Å². The highest BCUT2D eigenvalue weighted by Gasteiger charge is 2.22. The van der Waals surface area contributed by atoms with Gasteiger partial charge in [0.2, 0.25) is 0 Å². The quantitative estimate of drug-likeness (QED) is 0.633. The lowest BCUT2D eigenvalue weighted by Crippen LogP contribution is -2.38. The average molecular weight is 389 g/mol. The van der Waals surface area contributed by atoms with Crippen molar-refractivity contribution in [1.29, 1.82) is 0 Å². The van der Waals surface area contributed by atoms with Gasteiger partial charge in [0.15, 0.2) is 23.0 Å². The maximum atomic E-state index is 13.8. The van der Waals surface area contributed by atoms with E-state index >= 15 is 0 Å². The van der Waals surface area contributed by atoms with Crippen LogP contribution in [0.1, 0.15) is 29.9 Å². The Morgan fingerprint density at radius 3 is 2.66 bits per heavy atom. The molecule has 1 saturated heterocycles. The topological polar surface area (TPSA) is 43.4 Å². The van der Waals surface area contributed by atoms with Crippen molar-refractivity contribution in [2.24, 2.45) is 0 Å². The van der Waals surface area contributed by atoms with E-state index in [9.17, 15) is 4.39 Å². The molecule has 4 heterocycles. The van der Waals surface area contributed by atoms with E-state index < -0.39 is 0 Å². The van der Waals surface area contributed by atoms with Crippen LogP contribution in [0, 0.1) is 17.7 Å². The minimum Gasteiger partial charge on any atom is -0.487 e. The summed E-state index contributed by atoms with van der Waals surface area (Å²) in [7, 11) is 0. The number of ether oxygens (including phenoxy) is 1. The highest BCUT2D eigenvalue weighted by Crippen LogP contribution is 2.24. The molecule has 3 aromatic rings. The van der Waals surface area contributed by atoms with Crippen LogP contribution in [0.4, 0.5) is 10.2 Å². The summed E-state index contributed by atoms with van der Waals surface area (Å²) in [6.07, 6.45) is 7.48. The zero-order valence-electron chi connectivity index (χ0n) is 15.8. The lowest BCUT2D eigenvalue weighted by Gasteiger charge is -2.33. The van der Waals surface area contributed by atoms with E-state index in [-0.39, 0.29) is 11.9 Å². The summed E-state index contributed by atoms with van der Waals surface area (Å²) in [6.45, 7) is 2.39. The number of para-hydroxylation sites is 1. The Morgan fingerprint density at radius 1 is 1.10 bits per heavy atom. The number of piperidine rings is 1.